The van der Waals surface area contributed by atoms with Crippen molar-refractivity contribution in [2.24, 2.45) is 0 Å². The topological polar surface area (TPSA) is 67.4 Å². The molecule has 0 aliphatic rings. The number of aromatic nitrogens is 2. The summed E-state index contributed by atoms with van der Waals surface area (Å²) in [5.74, 6) is 0.0249. The Hall–Kier alpha value is -3.36. The Morgan fingerprint density at radius 2 is 1.91 bits per heavy atom. The molecule has 8 heteroatoms. The lowest BCUT2D eigenvalue weighted by Crippen LogP contribution is -2.23. The highest BCUT2D eigenvalue weighted by Crippen LogP contribution is 2.39. The maximum Gasteiger partial charge on any atom is 0.226 e. The SMILES string of the molecule is CCCNCc1ccc(-c2cc3nccc(Oc4ccc(CC(=O)N(C)C)cc4F)c3s2)nc1. The van der Waals surface area contributed by atoms with Crippen LogP contribution in [0.1, 0.15) is 24.5 Å². The number of carbonyl (C=O) groups is 1. The predicted octanol–water partition coefficient (Wildman–Crippen LogP) is 5.42. The quantitative estimate of drug-likeness (QED) is 0.325. The Labute approximate surface area is 202 Å². The molecule has 0 unspecified atom stereocenters. The minimum absolute atomic E-state index is 0.0890. The lowest BCUT2D eigenvalue weighted by atomic mass is 10.1. The first kappa shape index (κ1) is 23.8. The third-order valence-corrected chi connectivity index (χ3v) is 6.44. The van der Waals surface area contributed by atoms with Crippen LogP contribution >= 0.6 is 11.3 Å². The molecule has 1 amide bonds. The second-order valence-corrected chi connectivity index (χ2v) is 9.25. The standard InChI is InChI=1S/C26H27FN4O2S/c1-4-10-28-15-18-5-7-20(30-16-18)24-14-21-26(34-24)23(9-11-29-21)33-22-8-6-17(12-19(22)27)13-25(32)31(2)3/h5-9,11-12,14,16,28H,4,10,13,15H2,1-3H3. The fourth-order valence-electron chi connectivity index (χ4n) is 3.39. The number of nitrogens with one attached hydrogen (secondary N) is 1. The number of likely N-dealkylation sites (N-methyl/N-ethyl adjacent to an activating group) is 1. The molecule has 4 rings (SSSR count). The summed E-state index contributed by atoms with van der Waals surface area (Å²) in [7, 11) is 3.35. The van der Waals surface area contributed by atoms with Crippen molar-refractivity contribution in [2.75, 3.05) is 20.6 Å². The molecule has 0 radical (unpaired) electrons. The highest BCUT2D eigenvalue weighted by molar-refractivity contribution is 7.22. The van der Waals surface area contributed by atoms with E-state index < -0.39 is 5.82 Å². The molecule has 4 aromatic rings. The molecule has 1 N–H and O–H groups in total. The molecule has 3 aromatic heterocycles. The zero-order chi connectivity index (χ0) is 24.1. The van der Waals surface area contributed by atoms with Gasteiger partial charge in [-0.15, -0.1) is 11.3 Å². The molecule has 0 aliphatic carbocycles. The van der Waals surface area contributed by atoms with Crippen LogP contribution in [0.2, 0.25) is 0 Å². The third kappa shape index (κ3) is 5.58. The lowest BCUT2D eigenvalue weighted by Gasteiger charge is -2.11. The molecule has 176 valence electrons. The minimum Gasteiger partial charge on any atom is -0.453 e. The van der Waals surface area contributed by atoms with Gasteiger partial charge in [0, 0.05) is 39.1 Å². The van der Waals surface area contributed by atoms with Gasteiger partial charge in [0.05, 0.1) is 27.2 Å². The smallest absolute Gasteiger partial charge is 0.226 e. The number of ether oxygens (including phenoxy) is 1. The average Bonchev–Trinajstić information content (AvgIpc) is 3.27. The van der Waals surface area contributed by atoms with Gasteiger partial charge in [0.15, 0.2) is 11.6 Å². The van der Waals surface area contributed by atoms with Crippen LogP contribution in [0.25, 0.3) is 20.8 Å². The van der Waals surface area contributed by atoms with Gasteiger partial charge in [-0.1, -0.05) is 19.1 Å². The number of rotatable bonds is 9. The van der Waals surface area contributed by atoms with Crippen molar-refractivity contribution < 1.29 is 13.9 Å². The normalized spacial score (nSPS) is 11.1. The maximum absolute atomic E-state index is 14.7. The predicted molar refractivity (Wildman–Crippen MR) is 134 cm³/mol. The molecule has 3 heterocycles. The highest BCUT2D eigenvalue weighted by Gasteiger charge is 2.14. The van der Waals surface area contributed by atoms with Gasteiger partial charge >= 0.3 is 0 Å². The van der Waals surface area contributed by atoms with Crippen molar-refractivity contribution >= 4 is 27.5 Å². The number of fused-ring (bicyclic) bond motifs is 1. The number of carbonyl (C=O) groups excluding carboxylic acids is 1. The van der Waals surface area contributed by atoms with Crippen LogP contribution in [0.15, 0.2) is 54.9 Å². The fourth-order valence-corrected chi connectivity index (χ4v) is 4.44. The number of nitrogens with zero attached hydrogens (tertiary/aromatic N) is 3. The molecule has 0 spiro atoms. The van der Waals surface area contributed by atoms with Gasteiger partial charge in [0.25, 0.3) is 0 Å². The van der Waals surface area contributed by atoms with Crippen LogP contribution in [0.5, 0.6) is 11.5 Å². The molecule has 0 fully saturated rings. The number of benzene rings is 1. The number of halogens is 1. The Balaban J connectivity index is 1.54. The monoisotopic (exact) mass is 478 g/mol. The molecule has 34 heavy (non-hydrogen) atoms. The van der Waals surface area contributed by atoms with Gasteiger partial charge in [-0.05, 0) is 48.4 Å². The van der Waals surface area contributed by atoms with Crippen LogP contribution in [-0.2, 0) is 17.8 Å². The first-order valence-corrected chi connectivity index (χ1v) is 12.0. The van der Waals surface area contributed by atoms with Crippen LogP contribution < -0.4 is 10.1 Å². The summed E-state index contributed by atoms with van der Waals surface area (Å²) in [6.07, 6.45) is 4.75. The van der Waals surface area contributed by atoms with Crippen molar-refractivity contribution in [1.29, 1.82) is 0 Å². The largest absolute Gasteiger partial charge is 0.453 e. The van der Waals surface area contributed by atoms with E-state index in [-0.39, 0.29) is 18.1 Å². The van der Waals surface area contributed by atoms with Crippen LogP contribution in [0, 0.1) is 5.82 Å². The summed E-state index contributed by atoms with van der Waals surface area (Å²) in [4.78, 5) is 23.4. The van der Waals surface area contributed by atoms with Gasteiger partial charge in [-0.25, -0.2) is 4.39 Å². The highest BCUT2D eigenvalue weighted by atomic mass is 32.1. The number of amides is 1. The Morgan fingerprint density at radius 3 is 2.62 bits per heavy atom. The Morgan fingerprint density at radius 1 is 1.09 bits per heavy atom. The van der Waals surface area contributed by atoms with E-state index in [9.17, 15) is 9.18 Å². The van der Waals surface area contributed by atoms with E-state index in [1.807, 2.05) is 18.3 Å². The zero-order valence-electron chi connectivity index (χ0n) is 19.5. The average molecular weight is 479 g/mol. The summed E-state index contributed by atoms with van der Waals surface area (Å²) >= 11 is 1.51. The summed E-state index contributed by atoms with van der Waals surface area (Å²) in [5.41, 5.74) is 3.35. The molecule has 0 atom stereocenters. The van der Waals surface area contributed by atoms with Gasteiger partial charge in [0.1, 0.15) is 5.75 Å². The number of thiophene rings is 1. The zero-order valence-corrected chi connectivity index (χ0v) is 20.3. The number of hydrogen-bond acceptors (Lipinski definition) is 6. The number of pyridine rings is 2. The second kappa shape index (κ2) is 10.7. The first-order valence-electron chi connectivity index (χ1n) is 11.2. The van der Waals surface area contributed by atoms with Gasteiger partial charge in [-0.2, -0.15) is 0 Å². The molecular weight excluding hydrogens is 451 g/mol. The van der Waals surface area contributed by atoms with Crippen LogP contribution in [0.3, 0.4) is 0 Å². The van der Waals surface area contributed by atoms with Gasteiger partial charge < -0.3 is 15.0 Å². The van der Waals surface area contributed by atoms with Crippen LogP contribution in [-0.4, -0.2) is 41.4 Å². The van der Waals surface area contributed by atoms with Crippen molar-refractivity contribution in [3.63, 3.8) is 0 Å². The molecule has 1 aromatic carbocycles. The first-order chi connectivity index (χ1) is 16.4. The minimum atomic E-state index is -0.514. The fraction of sp³-hybridized carbons (Fsp3) is 0.269. The van der Waals surface area contributed by atoms with E-state index in [1.165, 1.54) is 22.3 Å². The number of hydrogen-bond donors (Lipinski definition) is 1. The summed E-state index contributed by atoms with van der Waals surface area (Å²) in [6.45, 7) is 3.91. The lowest BCUT2D eigenvalue weighted by molar-refractivity contribution is -0.127. The van der Waals surface area contributed by atoms with E-state index in [2.05, 4.69) is 28.3 Å². The van der Waals surface area contributed by atoms with Gasteiger partial charge in [0.2, 0.25) is 5.91 Å². The summed E-state index contributed by atoms with van der Waals surface area (Å²) in [6, 6.07) is 12.4. The van der Waals surface area contributed by atoms with Crippen molar-refractivity contribution in [3.8, 4) is 22.1 Å². The Kier molecular flexibility index (Phi) is 7.49. The third-order valence-electron chi connectivity index (χ3n) is 5.28. The molecule has 0 saturated heterocycles. The molecule has 6 nitrogen and oxygen atoms in total. The van der Waals surface area contributed by atoms with E-state index in [4.69, 9.17) is 4.74 Å². The van der Waals surface area contributed by atoms with E-state index in [0.29, 0.717) is 11.3 Å². The second-order valence-electron chi connectivity index (χ2n) is 8.19. The molecule has 0 saturated carbocycles. The van der Waals surface area contributed by atoms with Crippen molar-refractivity contribution in [1.82, 2.24) is 20.2 Å². The van der Waals surface area contributed by atoms with Crippen molar-refractivity contribution in [2.45, 2.75) is 26.3 Å². The molecular formula is C26H27FN4O2S. The van der Waals surface area contributed by atoms with Crippen molar-refractivity contribution in [3.05, 3.63) is 71.8 Å². The van der Waals surface area contributed by atoms with Gasteiger partial charge in [-0.3, -0.25) is 14.8 Å². The molecule has 0 bridgehead atoms. The Bertz CT molecular complexity index is 1290. The summed E-state index contributed by atoms with van der Waals surface area (Å²) in [5, 5.41) is 3.37. The van der Waals surface area contributed by atoms with E-state index >= 15 is 0 Å². The van der Waals surface area contributed by atoms with Crippen LogP contribution in [0.4, 0.5) is 4.39 Å². The summed E-state index contributed by atoms with van der Waals surface area (Å²) < 4.78 is 21.5. The van der Waals surface area contributed by atoms with E-state index in [0.717, 1.165) is 45.9 Å². The molecule has 0 aliphatic heterocycles. The maximum atomic E-state index is 14.7. The van der Waals surface area contributed by atoms with E-state index in [1.54, 1.807) is 38.5 Å².